The van der Waals surface area contributed by atoms with Crippen LogP contribution in [0.1, 0.15) is 31.2 Å². The number of nitrogens with one attached hydrogen (secondary N) is 1. The fourth-order valence-electron chi connectivity index (χ4n) is 2.56. The van der Waals surface area contributed by atoms with Crippen molar-refractivity contribution in [1.82, 2.24) is 5.32 Å². The van der Waals surface area contributed by atoms with Crippen LogP contribution in [0.15, 0.2) is 30.3 Å². The summed E-state index contributed by atoms with van der Waals surface area (Å²) in [7, 11) is 0. The second-order valence-corrected chi connectivity index (χ2v) is 4.81. The first kappa shape index (κ1) is 11.6. The maximum absolute atomic E-state index is 9.45. The molecule has 1 aliphatic carbocycles. The van der Waals surface area contributed by atoms with Gasteiger partial charge in [-0.25, -0.2) is 0 Å². The van der Waals surface area contributed by atoms with Crippen molar-refractivity contribution >= 4 is 0 Å². The molecule has 0 spiro atoms. The van der Waals surface area contributed by atoms with Gasteiger partial charge in [-0.05, 0) is 31.4 Å². The molecule has 0 aromatic heterocycles. The van der Waals surface area contributed by atoms with Crippen molar-refractivity contribution in [2.75, 3.05) is 13.2 Å². The maximum atomic E-state index is 9.45. The van der Waals surface area contributed by atoms with Crippen molar-refractivity contribution in [3.8, 4) is 0 Å². The summed E-state index contributed by atoms with van der Waals surface area (Å²) in [6, 6.07) is 10.5. The molecule has 16 heavy (non-hydrogen) atoms. The minimum absolute atomic E-state index is 0.0226. The topological polar surface area (TPSA) is 32.3 Å². The van der Waals surface area contributed by atoms with Crippen LogP contribution in [-0.4, -0.2) is 23.8 Å². The molecule has 88 valence electrons. The van der Waals surface area contributed by atoms with Crippen LogP contribution in [-0.2, 0) is 6.42 Å². The molecule has 0 aliphatic heterocycles. The highest BCUT2D eigenvalue weighted by molar-refractivity contribution is 5.15. The predicted molar refractivity (Wildman–Crippen MR) is 66.4 cm³/mol. The summed E-state index contributed by atoms with van der Waals surface area (Å²) in [5.41, 5.74) is 1.38. The van der Waals surface area contributed by atoms with Crippen molar-refractivity contribution in [3.63, 3.8) is 0 Å². The lowest BCUT2D eigenvalue weighted by Crippen LogP contribution is -2.46. The van der Waals surface area contributed by atoms with Crippen LogP contribution in [0.5, 0.6) is 0 Å². The maximum Gasteiger partial charge on any atom is 0.0613 e. The molecule has 0 heterocycles. The van der Waals surface area contributed by atoms with Gasteiger partial charge in [0.05, 0.1) is 6.61 Å². The van der Waals surface area contributed by atoms with E-state index >= 15 is 0 Å². The molecule has 2 N–H and O–H groups in total. The van der Waals surface area contributed by atoms with Crippen LogP contribution in [0.4, 0.5) is 0 Å². The first-order valence-electron chi connectivity index (χ1n) is 6.24. The zero-order valence-electron chi connectivity index (χ0n) is 9.78. The van der Waals surface area contributed by atoms with E-state index in [0.29, 0.717) is 0 Å². The van der Waals surface area contributed by atoms with Gasteiger partial charge >= 0.3 is 0 Å². The van der Waals surface area contributed by atoms with Gasteiger partial charge < -0.3 is 10.4 Å². The minimum atomic E-state index is 0.0226. The first-order chi connectivity index (χ1) is 7.85. The summed E-state index contributed by atoms with van der Waals surface area (Å²) < 4.78 is 0. The van der Waals surface area contributed by atoms with Crippen LogP contribution in [0.3, 0.4) is 0 Å². The monoisotopic (exact) mass is 219 g/mol. The lowest BCUT2D eigenvalue weighted by Gasteiger charge is -2.28. The fraction of sp³-hybridized carbons (Fsp3) is 0.571. The lowest BCUT2D eigenvalue weighted by atomic mass is 9.98. The third-order valence-electron chi connectivity index (χ3n) is 3.62. The average Bonchev–Trinajstić information content (AvgIpc) is 2.80. The summed E-state index contributed by atoms with van der Waals surface area (Å²) in [6.45, 7) is 1.24. The summed E-state index contributed by atoms with van der Waals surface area (Å²) in [5, 5.41) is 13.0. The van der Waals surface area contributed by atoms with Gasteiger partial charge in [-0.3, -0.25) is 0 Å². The molecule has 1 saturated carbocycles. The van der Waals surface area contributed by atoms with Crippen molar-refractivity contribution in [2.24, 2.45) is 0 Å². The average molecular weight is 219 g/mol. The minimum Gasteiger partial charge on any atom is -0.394 e. The Kier molecular flexibility index (Phi) is 3.97. The lowest BCUT2D eigenvalue weighted by molar-refractivity contribution is 0.165. The van der Waals surface area contributed by atoms with Gasteiger partial charge in [0.25, 0.3) is 0 Å². The molecule has 1 fully saturated rings. The van der Waals surface area contributed by atoms with Gasteiger partial charge in [0.15, 0.2) is 0 Å². The summed E-state index contributed by atoms with van der Waals surface area (Å²) in [6.07, 6.45) is 5.79. The molecule has 2 heteroatoms. The predicted octanol–water partition coefficient (Wildman–Crippen LogP) is 2.12. The highest BCUT2D eigenvalue weighted by atomic mass is 16.3. The number of hydrogen-bond acceptors (Lipinski definition) is 2. The van der Waals surface area contributed by atoms with Gasteiger partial charge in [-0.15, -0.1) is 0 Å². The van der Waals surface area contributed by atoms with E-state index in [2.05, 4.69) is 29.6 Å². The van der Waals surface area contributed by atoms with Crippen molar-refractivity contribution < 1.29 is 5.11 Å². The Balaban J connectivity index is 1.79. The smallest absolute Gasteiger partial charge is 0.0613 e. The van der Waals surface area contributed by atoms with E-state index in [1.165, 1.54) is 18.4 Å². The van der Waals surface area contributed by atoms with Crippen LogP contribution < -0.4 is 5.32 Å². The van der Waals surface area contributed by atoms with Gasteiger partial charge in [0, 0.05) is 5.54 Å². The SMILES string of the molecule is OCC1(NCCc2ccccc2)CCCC1. The van der Waals surface area contributed by atoms with Gasteiger partial charge in [-0.2, -0.15) is 0 Å². The Hall–Kier alpha value is -0.860. The number of aliphatic hydroxyl groups excluding tert-OH is 1. The number of rotatable bonds is 5. The largest absolute Gasteiger partial charge is 0.394 e. The quantitative estimate of drug-likeness (QED) is 0.795. The molecule has 1 aromatic carbocycles. The van der Waals surface area contributed by atoms with Crippen LogP contribution in [0.2, 0.25) is 0 Å². The second kappa shape index (κ2) is 5.46. The molecule has 2 nitrogen and oxygen atoms in total. The zero-order chi connectivity index (χ0) is 11.3. The second-order valence-electron chi connectivity index (χ2n) is 4.81. The van der Waals surface area contributed by atoms with Crippen molar-refractivity contribution in [2.45, 2.75) is 37.6 Å². The highest BCUT2D eigenvalue weighted by Crippen LogP contribution is 2.28. The van der Waals surface area contributed by atoms with Crippen molar-refractivity contribution in [1.29, 1.82) is 0 Å². The Morgan fingerprint density at radius 3 is 2.44 bits per heavy atom. The summed E-state index contributed by atoms with van der Waals surface area (Å²) in [4.78, 5) is 0. The van der Waals surface area contributed by atoms with E-state index in [0.717, 1.165) is 25.8 Å². The van der Waals surface area contributed by atoms with E-state index in [-0.39, 0.29) is 12.1 Å². The molecule has 0 saturated heterocycles. The van der Waals surface area contributed by atoms with E-state index in [1.807, 2.05) is 6.07 Å². The third kappa shape index (κ3) is 2.83. The molecule has 1 aliphatic rings. The molecule has 0 bridgehead atoms. The standard InChI is InChI=1S/C14H21NO/c16-12-14(9-4-5-10-14)15-11-8-13-6-2-1-3-7-13/h1-3,6-7,15-16H,4-5,8-12H2. The molecule has 1 aromatic rings. The molecule has 2 rings (SSSR count). The molecular weight excluding hydrogens is 198 g/mol. The number of aliphatic hydroxyl groups is 1. The highest BCUT2D eigenvalue weighted by Gasteiger charge is 2.31. The van der Waals surface area contributed by atoms with Crippen LogP contribution >= 0.6 is 0 Å². The molecular formula is C14H21NO. The van der Waals surface area contributed by atoms with Crippen LogP contribution in [0.25, 0.3) is 0 Å². The van der Waals surface area contributed by atoms with E-state index in [9.17, 15) is 5.11 Å². The number of hydrogen-bond donors (Lipinski definition) is 2. The number of benzene rings is 1. The van der Waals surface area contributed by atoms with E-state index < -0.39 is 0 Å². The van der Waals surface area contributed by atoms with E-state index in [4.69, 9.17) is 0 Å². The first-order valence-corrected chi connectivity index (χ1v) is 6.24. The Labute approximate surface area is 97.7 Å². The van der Waals surface area contributed by atoms with Gasteiger partial charge in [0.1, 0.15) is 0 Å². The fourth-order valence-corrected chi connectivity index (χ4v) is 2.56. The zero-order valence-corrected chi connectivity index (χ0v) is 9.78. The Morgan fingerprint density at radius 1 is 1.12 bits per heavy atom. The molecule has 0 atom stereocenters. The normalized spacial score (nSPS) is 18.8. The molecule has 0 amide bonds. The summed E-state index contributed by atoms with van der Waals surface area (Å²) in [5.74, 6) is 0. The van der Waals surface area contributed by atoms with E-state index in [1.54, 1.807) is 0 Å². The molecule has 0 radical (unpaired) electrons. The Bertz CT molecular complexity index is 304. The van der Waals surface area contributed by atoms with Gasteiger partial charge in [-0.1, -0.05) is 43.2 Å². The summed E-state index contributed by atoms with van der Waals surface area (Å²) >= 11 is 0. The third-order valence-corrected chi connectivity index (χ3v) is 3.62. The van der Waals surface area contributed by atoms with Crippen molar-refractivity contribution in [3.05, 3.63) is 35.9 Å². The van der Waals surface area contributed by atoms with Crippen LogP contribution in [0, 0.1) is 0 Å². The van der Waals surface area contributed by atoms with Gasteiger partial charge in [0.2, 0.25) is 0 Å². The Morgan fingerprint density at radius 2 is 1.81 bits per heavy atom. The molecule has 0 unspecified atom stereocenters.